The predicted octanol–water partition coefficient (Wildman–Crippen LogP) is 4.26. The van der Waals surface area contributed by atoms with E-state index in [-0.39, 0.29) is 17.5 Å². The van der Waals surface area contributed by atoms with Crippen LogP contribution in [-0.4, -0.2) is 36.6 Å². The molecule has 2 bridgehead atoms. The molecule has 3 nitrogen and oxygen atoms in total. The van der Waals surface area contributed by atoms with Gasteiger partial charge in [0.15, 0.2) is 0 Å². The summed E-state index contributed by atoms with van der Waals surface area (Å²) < 4.78 is 5.93. The Morgan fingerprint density at radius 3 is 2.43 bits per heavy atom. The molecule has 3 heteroatoms. The van der Waals surface area contributed by atoms with E-state index in [4.69, 9.17) is 4.74 Å². The van der Waals surface area contributed by atoms with Crippen molar-refractivity contribution in [1.29, 1.82) is 0 Å². The summed E-state index contributed by atoms with van der Waals surface area (Å²) in [5, 5.41) is 0. The lowest BCUT2D eigenvalue weighted by Gasteiger charge is -2.38. The van der Waals surface area contributed by atoms with Crippen molar-refractivity contribution >= 4 is 5.97 Å². The van der Waals surface area contributed by atoms with E-state index in [1.165, 1.54) is 38.8 Å². The molecule has 132 valence electrons. The molecule has 2 aliphatic carbocycles. The second-order valence-electron chi connectivity index (χ2n) is 9.22. The zero-order valence-corrected chi connectivity index (χ0v) is 15.6. The number of carbonyl (C=O) groups excluding carboxylic acids is 1. The average molecular weight is 322 g/mol. The first kappa shape index (κ1) is 17.3. The number of nitrogens with zero attached hydrogens (tertiary/aromatic N) is 1. The standard InChI is InChI=1S/C20H35NO2/c1-15-8-12-21(13-9-15)11-5-6-18(22)23-17-14-16-7-10-20(17,4)19(16,2)3/h15-17H,5-14H2,1-4H3/t16-,17+,20+/m0/s1. The van der Waals surface area contributed by atoms with Crippen molar-refractivity contribution in [3.63, 3.8) is 0 Å². The van der Waals surface area contributed by atoms with Gasteiger partial charge in [-0.3, -0.25) is 4.79 Å². The van der Waals surface area contributed by atoms with Crippen LogP contribution in [0.2, 0.25) is 0 Å². The number of esters is 1. The number of hydrogen-bond acceptors (Lipinski definition) is 3. The molecule has 0 aromatic rings. The fourth-order valence-corrected chi connectivity index (χ4v) is 5.26. The summed E-state index contributed by atoms with van der Waals surface area (Å²) >= 11 is 0. The summed E-state index contributed by atoms with van der Waals surface area (Å²) in [6.07, 6.45) is 7.91. The SMILES string of the molecule is CC1CCN(CCCC(=O)O[C@@H]2C[C@@H]3CC[C@@]2(C)C3(C)C)CC1. The summed E-state index contributed by atoms with van der Waals surface area (Å²) in [5.74, 6) is 1.64. The Kier molecular flexibility index (Phi) is 4.79. The van der Waals surface area contributed by atoms with E-state index in [1.54, 1.807) is 0 Å². The molecule has 3 rings (SSSR count). The van der Waals surface area contributed by atoms with Gasteiger partial charge < -0.3 is 9.64 Å². The Bertz CT molecular complexity index is 439. The third-order valence-corrected chi connectivity index (χ3v) is 7.72. The number of fused-ring (bicyclic) bond motifs is 2. The highest BCUT2D eigenvalue weighted by Crippen LogP contribution is 2.66. The van der Waals surface area contributed by atoms with Crippen molar-refractivity contribution < 1.29 is 9.53 Å². The van der Waals surface area contributed by atoms with Gasteiger partial charge in [-0.25, -0.2) is 0 Å². The average Bonchev–Trinajstić information content (AvgIpc) is 2.82. The van der Waals surface area contributed by atoms with Crippen molar-refractivity contribution in [3.8, 4) is 0 Å². The molecule has 1 aliphatic heterocycles. The van der Waals surface area contributed by atoms with Crippen LogP contribution < -0.4 is 0 Å². The minimum absolute atomic E-state index is 0.0324. The highest BCUT2D eigenvalue weighted by atomic mass is 16.5. The first-order valence-corrected chi connectivity index (χ1v) is 9.75. The molecular weight excluding hydrogens is 286 g/mol. The van der Waals surface area contributed by atoms with Crippen LogP contribution in [0.15, 0.2) is 0 Å². The first-order valence-electron chi connectivity index (χ1n) is 9.75. The Morgan fingerprint density at radius 1 is 1.17 bits per heavy atom. The van der Waals surface area contributed by atoms with E-state index in [0.29, 0.717) is 11.8 Å². The Hall–Kier alpha value is -0.570. The lowest BCUT2D eigenvalue weighted by atomic mass is 9.70. The van der Waals surface area contributed by atoms with Gasteiger partial charge in [-0.05, 0) is 75.4 Å². The van der Waals surface area contributed by atoms with Crippen molar-refractivity contribution in [1.82, 2.24) is 4.90 Å². The number of ether oxygens (including phenoxy) is 1. The number of piperidine rings is 1. The summed E-state index contributed by atoms with van der Waals surface area (Å²) in [6, 6.07) is 0. The minimum Gasteiger partial charge on any atom is -0.462 e. The molecule has 0 aromatic carbocycles. The van der Waals surface area contributed by atoms with Crippen LogP contribution in [0.4, 0.5) is 0 Å². The summed E-state index contributed by atoms with van der Waals surface area (Å²) in [5.41, 5.74) is 0.513. The van der Waals surface area contributed by atoms with Gasteiger partial charge in [-0.2, -0.15) is 0 Å². The quantitative estimate of drug-likeness (QED) is 0.709. The van der Waals surface area contributed by atoms with Gasteiger partial charge in [0, 0.05) is 11.8 Å². The van der Waals surface area contributed by atoms with Crippen LogP contribution in [0.3, 0.4) is 0 Å². The van der Waals surface area contributed by atoms with Crippen molar-refractivity contribution in [2.24, 2.45) is 22.7 Å². The molecule has 0 unspecified atom stereocenters. The molecule has 0 N–H and O–H groups in total. The molecule has 3 aliphatic rings. The molecule has 0 radical (unpaired) electrons. The maximum atomic E-state index is 12.3. The fourth-order valence-electron chi connectivity index (χ4n) is 5.26. The van der Waals surface area contributed by atoms with Crippen LogP contribution in [0.5, 0.6) is 0 Å². The van der Waals surface area contributed by atoms with Crippen molar-refractivity contribution in [2.75, 3.05) is 19.6 Å². The predicted molar refractivity (Wildman–Crippen MR) is 93.2 cm³/mol. The molecule has 2 saturated carbocycles. The largest absolute Gasteiger partial charge is 0.462 e. The molecule has 0 amide bonds. The molecule has 0 spiro atoms. The highest BCUT2D eigenvalue weighted by molar-refractivity contribution is 5.69. The van der Waals surface area contributed by atoms with E-state index >= 15 is 0 Å². The number of hydrogen-bond donors (Lipinski definition) is 0. The molecule has 23 heavy (non-hydrogen) atoms. The molecule has 1 heterocycles. The van der Waals surface area contributed by atoms with E-state index < -0.39 is 0 Å². The molecule has 1 saturated heterocycles. The Balaban J connectivity index is 1.41. The Morgan fingerprint density at radius 2 is 1.87 bits per heavy atom. The van der Waals surface area contributed by atoms with Gasteiger partial charge in [0.25, 0.3) is 0 Å². The third kappa shape index (κ3) is 3.18. The fraction of sp³-hybridized carbons (Fsp3) is 0.950. The topological polar surface area (TPSA) is 29.5 Å². The zero-order valence-electron chi connectivity index (χ0n) is 15.6. The maximum Gasteiger partial charge on any atom is 0.306 e. The molecular formula is C20H35NO2. The zero-order chi connectivity index (χ0) is 16.7. The van der Waals surface area contributed by atoms with Crippen LogP contribution in [-0.2, 0) is 9.53 Å². The van der Waals surface area contributed by atoms with Gasteiger partial charge in [-0.15, -0.1) is 0 Å². The highest BCUT2D eigenvalue weighted by Gasteiger charge is 2.62. The number of likely N-dealkylation sites (tertiary alicyclic amines) is 1. The van der Waals surface area contributed by atoms with Crippen LogP contribution >= 0.6 is 0 Å². The normalized spacial score (nSPS) is 37.2. The maximum absolute atomic E-state index is 12.3. The minimum atomic E-state index is 0.0324. The molecule has 0 aromatic heterocycles. The van der Waals surface area contributed by atoms with Crippen molar-refractivity contribution in [3.05, 3.63) is 0 Å². The van der Waals surface area contributed by atoms with Crippen LogP contribution in [0.25, 0.3) is 0 Å². The van der Waals surface area contributed by atoms with Gasteiger partial charge >= 0.3 is 5.97 Å². The second kappa shape index (κ2) is 6.38. The lowest BCUT2D eigenvalue weighted by Crippen LogP contribution is -2.38. The molecule has 3 atom stereocenters. The van der Waals surface area contributed by atoms with Crippen molar-refractivity contribution in [2.45, 2.75) is 78.7 Å². The Labute approximate surface area is 142 Å². The first-order chi connectivity index (χ1) is 10.8. The lowest BCUT2D eigenvalue weighted by molar-refractivity contribution is -0.157. The monoisotopic (exact) mass is 321 g/mol. The molecule has 3 fully saturated rings. The summed E-state index contributed by atoms with van der Waals surface area (Å²) in [7, 11) is 0. The number of carbonyl (C=O) groups is 1. The van der Waals surface area contributed by atoms with E-state index in [0.717, 1.165) is 31.2 Å². The van der Waals surface area contributed by atoms with E-state index in [1.807, 2.05) is 0 Å². The van der Waals surface area contributed by atoms with Crippen LogP contribution in [0.1, 0.15) is 72.6 Å². The second-order valence-corrected chi connectivity index (χ2v) is 9.22. The van der Waals surface area contributed by atoms with Crippen LogP contribution in [0, 0.1) is 22.7 Å². The van der Waals surface area contributed by atoms with E-state index in [9.17, 15) is 4.79 Å². The summed E-state index contributed by atoms with van der Waals surface area (Å²) in [4.78, 5) is 14.8. The van der Waals surface area contributed by atoms with E-state index in [2.05, 4.69) is 32.6 Å². The third-order valence-electron chi connectivity index (χ3n) is 7.72. The smallest absolute Gasteiger partial charge is 0.306 e. The summed E-state index contributed by atoms with van der Waals surface area (Å²) in [6.45, 7) is 12.9. The van der Waals surface area contributed by atoms with Gasteiger partial charge in [0.1, 0.15) is 6.10 Å². The van der Waals surface area contributed by atoms with Gasteiger partial charge in [0.2, 0.25) is 0 Å². The van der Waals surface area contributed by atoms with Gasteiger partial charge in [0.05, 0.1) is 0 Å². The number of rotatable bonds is 5. The van der Waals surface area contributed by atoms with Gasteiger partial charge in [-0.1, -0.05) is 27.7 Å².